The van der Waals surface area contributed by atoms with E-state index in [0.717, 1.165) is 19.5 Å². The number of rotatable bonds is 3. The third kappa shape index (κ3) is 3.63. The third-order valence-corrected chi connectivity index (χ3v) is 4.99. The topological polar surface area (TPSA) is 79.2 Å². The predicted octanol–water partition coefficient (Wildman–Crippen LogP) is 1.75. The summed E-state index contributed by atoms with van der Waals surface area (Å²) in [6.45, 7) is 3.98. The summed E-state index contributed by atoms with van der Waals surface area (Å²) in [7, 11) is 0. The van der Waals surface area contributed by atoms with Crippen LogP contribution in [0.25, 0.3) is 5.82 Å². The number of nitrogens with one attached hydrogen (secondary N) is 1. The number of pyridine rings is 1. The summed E-state index contributed by atoms with van der Waals surface area (Å²) in [5, 5.41) is 7.00. The minimum absolute atomic E-state index is 0.0424. The van der Waals surface area contributed by atoms with Crippen molar-refractivity contribution in [2.75, 3.05) is 31.5 Å². The van der Waals surface area contributed by atoms with Crippen LogP contribution >= 0.6 is 0 Å². The average Bonchev–Trinajstić information content (AvgIpc) is 3.36. The van der Waals surface area contributed by atoms with Gasteiger partial charge < -0.3 is 10.2 Å². The number of piperidine rings is 1. The smallest absolute Gasteiger partial charge is 0.321 e. The molecule has 0 radical (unpaired) electrons. The molecular formula is C17H23N7O. The third-order valence-electron chi connectivity index (χ3n) is 4.99. The Kier molecular flexibility index (Phi) is 4.60. The van der Waals surface area contributed by atoms with E-state index in [0.29, 0.717) is 17.5 Å². The van der Waals surface area contributed by atoms with Gasteiger partial charge in [-0.1, -0.05) is 0 Å². The standard InChI is InChI=1S/C17H23N7O/c25-17(23-9-3-4-15(11-23)22-7-1-2-8-22)21-14-5-6-16(19-10-14)24-13-18-12-20-24/h5-6,10,12-13,15H,1-4,7-9,11H2,(H,21,25)/t15-/m0/s1. The summed E-state index contributed by atoms with van der Waals surface area (Å²) in [6.07, 6.45) is 9.53. The van der Waals surface area contributed by atoms with Crippen molar-refractivity contribution in [3.05, 3.63) is 31.0 Å². The number of carbonyl (C=O) groups excluding carboxylic acids is 1. The molecule has 4 heterocycles. The van der Waals surface area contributed by atoms with Crippen molar-refractivity contribution in [2.45, 2.75) is 31.7 Å². The Morgan fingerprint density at radius 2 is 2.04 bits per heavy atom. The van der Waals surface area contributed by atoms with Crippen LogP contribution in [0.3, 0.4) is 0 Å². The van der Waals surface area contributed by atoms with Gasteiger partial charge in [0.05, 0.1) is 11.9 Å². The van der Waals surface area contributed by atoms with Crippen molar-refractivity contribution in [1.82, 2.24) is 29.5 Å². The van der Waals surface area contributed by atoms with Gasteiger partial charge >= 0.3 is 6.03 Å². The van der Waals surface area contributed by atoms with Crippen LogP contribution in [0.5, 0.6) is 0 Å². The molecule has 1 atom stereocenters. The van der Waals surface area contributed by atoms with Crippen LogP contribution in [0.15, 0.2) is 31.0 Å². The average molecular weight is 341 g/mol. The number of amides is 2. The second-order valence-electron chi connectivity index (χ2n) is 6.66. The number of likely N-dealkylation sites (tertiary alicyclic amines) is 2. The molecule has 0 saturated carbocycles. The van der Waals surface area contributed by atoms with Gasteiger partial charge in [-0.25, -0.2) is 19.4 Å². The van der Waals surface area contributed by atoms with E-state index < -0.39 is 0 Å². The predicted molar refractivity (Wildman–Crippen MR) is 93.6 cm³/mol. The number of anilines is 1. The lowest BCUT2D eigenvalue weighted by atomic mass is 10.0. The normalized spacial score (nSPS) is 21.4. The van der Waals surface area contributed by atoms with Crippen LogP contribution in [-0.2, 0) is 0 Å². The Labute approximate surface area is 146 Å². The lowest BCUT2D eigenvalue weighted by Gasteiger charge is -2.37. The molecule has 8 heteroatoms. The van der Waals surface area contributed by atoms with E-state index in [1.807, 2.05) is 17.0 Å². The van der Waals surface area contributed by atoms with Crippen LogP contribution in [0.1, 0.15) is 25.7 Å². The molecule has 0 bridgehead atoms. The maximum absolute atomic E-state index is 12.6. The van der Waals surface area contributed by atoms with E-state index in [1.165, 1.54) is 38.7 Å². The zero-order valence-electron chi connectivity index (χ0n) is 14.2. The van der Waals surface area contributed by atoms with Gasteiger partial charge in [0.2, 0.25) is 0 Å². The highest BCUT2D eigenvalue weighted by Crippen LogP contribution is 2.21. The van der Waals surface area contributed by atoms with Gasteiger partial charge in [-0.3, -0.25) is 4.90 Å². The van der Waals surface area contributed by atoms with Crippen molar-refractivity contribution < 1.29 is 4.79 Å². The Hall–Kier alpha value is -2.48. The molecule has 2 aliphatic heterocycles. The second-order valence-corrected chi connectivity index (χ2v) is 6.66. The van der Waals surface area contributed by atoms with Crippen LogP contribution in [0.4, 0.5) is 10.5 Å². The molecule has 132 valence electrons. The molecule has 2 saturated heterocycles. The lowest BCUT2D eigenvalue weighted by molar-refractivity contribution is 0.132. The molecule has 2 amide bonds. The minimum Gasteiger partial charge on any atom is -0.323 e. The molecule has 0 unspecified atom stereocenters. The SMILES string of the molecule is O=C(Nc1ccc(-n2cncn2)nc1)N1CCC[C@H](N2CCCC2)C1. The quantitative estimate of drug-likeness (QED) is 0.920. The molecule has 8 nitrogen and oxygen atoms in total. The van der Waals surface area contributed by atoms with Crippen LogP contribution < -0.4 is 5.32 Å². The summed E-state index contributed by atoms with van der Waals surface area (Å²) in [4.78, 5) is 25.3. The second kappa shape index (κ2) is 7.18. The first kappa shape index (κ1) is 16.0. The Morgan fingerprint density at radius 1 is 1.16 bits per heavy atom. The Bertz CT molecular complexity index is 694. The van der Waals surface area contributed by atoms with Crippen molar-refractivity contribution in [3.63, 3.8) is 0 Å². The summed E-state index contributed by atoms with van der Waals surface area (Å²) in [5.41, 5.74) is 0.692. The number of hydrogen-bond donors (Lipinski definition) is 1. The fourth-order valence-corrected chi connectivity index (χ4v) is 3.67. The largest absolute Gasteiger partial charge is 0.323 e. The molecular weight excluding hydrogens is 318 g/mol. The Balaban J connectivity index is 1.36. The van der Waals surface area contributed by atoms with Crippen molar-refractivity contribution >= 4 is 11.7 Å². The van der Waals surface area contributed by atoms with Crippen LogP contribution in [0.2, 0.25) is 0 Å². The molecule has 0 aliphatic carbocycles. The van der Waals surface area contributed by atoms with Gasteiger partial charge in [-0.2, -0.15) is 5.10 Å². The molecule has 4 rings (SSSR count). The first-order valence-electron chi connectivity index (χ1n) is 8.90. The van der Waals surface area contributed by atoms with Gasteiger partial charge in [0.25, 0.3) is 0 Å². The molecule has 2 aliphatic rings. The fraction of sp³-hybridized carbons (Fsp3) is 0.529. The van der Waals surface area contributed by atoms with E-state index in [1.54, 1.807) is 17.2 Å². The molecule has 0 aromatic carbocycles. The number of hydrogen-bond acceptors (Lipinski definition) is 5. The number of carbonyl (C=O) groups is 1. The van der Waals surface area contributed by atoms with E-state index in [2.05, 4.69) is 25.3 Å². The van der Waals surface area contributed by atoms with Crippen molar-refractivity contribution in [3.8, 4) is 5.82 Å². The number of aromatic nitrogens is 4. The minimum atomic E-state index is -0.0424. The van der Waals surface area contributed by atoms with E-state index >= 15 is 0 Å². The summed E-state index contributed by atoms with van der Waals surface area (Å²) >= 11 is 0. The van der Waals surface area contributed by atoms with Gasteiger partial charge in [-0.15, -0.1) is 0 Å². The highest BCUT2D eigenvalue weighted by Gasteiger charge is 2.29. The molecule has 1 N–H and O–H groups in total. The van der Waals surface area contributed by atoms with Gasteiger partial charge in [0.1, 0.15) is 12.7 Å². The Morgan fingerprint density at radius 3 is 2.76 bits per heavy atom. The highest BCUT2D eigenvalue weighted by atomic mass is 16.2. The maximum atomic E-state index is 12.6. The number of urea groups is 1. The molecule has 2 aromatic rings. The van der Waals surface area contributed by atoms with Gasteiger partial charge in [0, 0.05) is 19.1 Å². The first-order valence-corrected chi connectivity index (χ1v) is 8.90. The van der Waals surface area contributed by atoms with Gasteiger partial charge in [-0.05, 0) is 50.9 Å². The first-order chi connectivity index (χ1) is 12.3. The van der Waals surface area contributed by atoms with E-state index in [9.17, 15) is 4.79 Å². The maximum Gasteiger partial charge on any atom is 0.321 e. The van der Waals surface area contributed by atoms with Crippen molar-refractivity contribution in [1.29, 1.82) is 0 Å². The molecule has 2 aromatic heterocycles. The zero-order chi connectivity index (χ0) is 17.1. The number of nitrogens with zero attached hydrogens (tertiary/aromatic N) is 6. The monoisotopic (exact) mass is 341 g/mol. The fourth-order valence-electron chi connectivity index (χ4n) is 3.67. The van der Waals surface area contributed by atoms with Crippen LogP contribution in [0, 0.1) is 0 Å². The summed E-state index contributed by atoms with van der Waals surface area (Å²) in [5.74, 6) is 0.669. The van der Waals surface area contributed by atoms with E-state index in [4.69, 9.17) is 0 Å². The summed E-state index contributed by atoms with van der Waals surface area (Å²) < 4.78 is 1.58. The lowest BCUT2D eigenvalue weighted by Crippen LogP contribution is -2.50. The van der Waals surface area contributed by atoms with E-state index in [-0.39, 0.29) is 6.03 Å². The van der Waals surface area contributed by atoms with Crippen LogP contribution in [-0.4, -0.2) is 67.8 Å². The zero-order valence-corrected chi connectivity index (χ0v) is 14.2. The van der Waals surface area contributed by atoms with Gasteiger partial charge in [0.15, 0.2) is 5.82 Å². The summed E-state index contributed by atoms with van der Waals surface area (Å²) in [6, 6.07) is 4.12. The molecule has 0 spiro atoms. The molecule has 25 heavy (non-hydrogen) atoms. The molecule has 2 fully saturated rings. The van der Waals surface area contributed by atoms with Crippen molar-refractivity contribution in [2.24, 2.45) is 0 Å². The highest BCUT2D eigenvalue weighted by molar-refractivity contribution is 5.89.